The number of carbonyl (C=O) groups excluding carboxylic acids is 1. The highest BCUT2D eigenvalue weighted by molar-refractivity contribution is 5.95. The fourth-order valence-corrected chi connectivity index (χ4v) is 2.57. The molecule has 1 aromatic heterocycles. The van der Waals surface area contributed by atoms with Crippen molar-refractivity contribution < 1.29 is 4.79 Å². The normalized spacial score (nSPS) is 17.8. The zero-order valence-electron chi connectivity index (χ0n) is 13.1. The molecule has 112 valence electrons. The number of aromatic nitrogens is 2. The molecule has 1 aromatic rings. The van der Waals surface area contributed by atoms with Crippen molar-refractivity contribution in [1.82, 2.24) is 14.7 Å². The monoisotopic (exact) mass is 278 g/mol. The van der Waals surface area contributed by atoms with Crippen LogP contribution in [0.15, 0.2) is 12.4 Å². The SMILES string of the molecule is Cn1cc(N2CCN(CCCC(C)(C)C)CC2=O)cn1. The molecule has 5 heteroatoms. The lowest BCUT2D eigenvalue weighted by atomic mass is 9.90. The number of carbonyl (C=O) groups is 1. The maximum absolute atomic E-state index is 12.2. The Labute approximate surface area is 121 Å². The molecule has 5 nitrogen and oxygen atoms in total. The molecule has 0 atom stereocenters. The van der Waals surface area contributed by atoms with E-state index in [4.69, 9.17) is 0 Å². The summed E-state index contributed by atoms with van der Waals surface area (Å²) in [7, 11) is 1.87. The van der Waals surface area contributed by atoms with Crippen molar-refractivity contribution in [2.24, 2.45) is 12.5 Å². The number of piperazine rings is 1. The molecule has 1 fully saturated rings. The quantitative estimate of drug-likeness (QED) is 0.844. The van der Waals surface area contributed by atoms with Crippen LogP contribution in [-0.2, 0) is 11.8 Å². The molecule has 1 saturated heterocycles. The van der Waals surface area contributed by atoms with Crippen molar-refractivity contribution >= 4 is 11.6 Å². The van der Waals surface area contributed by atoms with Crippen LogP contribution in [0.25, 0.3) is 0 Å². The van der Waals surface area contributed by atoms with E-state index in [1.807, 2.05) is 18.1 Å². The van der Waals surface area contributed by atoms with Gasteiger partial charge in [-0.15, -0.1) is 0 Å². The Kier molecular flexibility index (Phi) is 4.48. The van der Waals surface area contributed by atoms with E-state index in [0.29, 0.717) is 12.0 Å². The number of amides is 1. The largest absolute Gasteiger partial charge is 0.307 e. The molecule has 0 unspecified atom stereocenters. The van der Waals surface area contributed by atoms with Gasteiger partial charge in [-0.2, -0.15) is 5.10 Å². The number of nitrogens with zero attached hydrogens (tertiary/aromatic N) is 4. The Morgan fingerprint density at radius 2 is 2.05 bits per heavy atom. The maximum Gasteiger partial charge on any atom is 0.241 e. The third-order valence-corrected chi connectivity index (χ3v) is 3.70. The van der Waals surface area contributed by atoms with Gasteiger partial charge in [-0.3, -0.25) is 14.4 Å². The second kappa shape index (κ2) is 5.95. The lowest BCUT2D eigenvalue weighted by Gasteiger charge is -2.34. The molecule has 0 aromatic carbocycles. The third-order valence-electron chi connectivity index (χ3n) is 3.70. The van der Waals surface area contributed by atoms with E-state index in [9.17, 15) is 4.79 Å². The van der Waals surface area contributed by atoms with E-state index >= 15 is 0 Å². The van der Waals surface area contributed by atoms with Gasteiger partial charge >= 0.3 is 0 Å². The van der Waals surface area contributed by atoms with Crippen LogP contribution >= 0.6 is 0 Å². The van der Waals surface area contributed by atoms with Gasteiger partial charge in [0.2, 0.25) is 5.91 Å². The fraction of sp³-hybridized carbons (Fsp3) is 0.733. The number of hydrogen-bond donors (Lipinski definition) is 0. The van der Waals surface area contributed by atoms with Gasteiger partial charge in [0.05, 0.1) is 18.4 Å². The summed E-state index contributed by atoms with van der Waals surface area (Å²) in [5.74, 6) is 0.181. The lowest BCUT2D eigenvalue weighted by Crippen LogP contribution is -2.50. The van der Waals surface area contributed by atoms with Crippen molar-refractivity contribution in [1.29, 1.82) is 0 Å². The Morgan fingerprint density at radius 3 is 2.60 bits per heavy atom. The lowest BCUT2D eigenvalue weighted by molar-refractivity contribution is -0.121. The van der Waals surface area contributed by atoms with Crippen molar-refractivity contribution in [3.63, 3.8) is 0 Å². The van der Waals surface area contributed by atoms with E-state index < -0.39 is 0 Å². The zero-order chi connectivity index (χ0) is 14.8. The van der Waals surface area contributed by atoms with Crippen LogP contribution in [0, 0.1) is 5.41 Å². The summed E-state index contributed by atoms with van der Waals surface area (Å²) in [6.07, 6.45) is 6.01. The average molecular weight is 278 g/mol. The van der Waals surface area contributed by atoms with E-state index in [2.05, 4.69) is 30.8 Å². The molecule has 0 saturated carbocycles. The minimum absolute atomic E-state index is 0.181. The molecule has 0 N–H and O–H groups in total. The predicted octanol–water partition coefficient (Wildman–Crippen LogP) is 1.89. The first-order chi connectivity index (χ1) is 9.35. The molecule has 1 amide bonds. The topological polar surface area (TPSA) is 41.4 Å². The average Bonchev–Trinajstić information content (AvgIpc) is 2.74. The Hall–Kier alpha value is -1.36. The second-order valence-corrected chi connectivity index (χ2v) is 6.86. The first-order valence-electron chi connectivity index (χ1n) is 7.36. The van der Waals surface area contributed by atoms with Gasteiger partial charge in [0.15, 0.2) is 0 Å². The molecule has 0 aliphatic carbocycles. The minimum atomic E-state index is 0.181. The molecule has 0 bridgehead atoms. The Morgan fingerprint density at radius 1 is 1.30 bits per heavy atom. The highest BCUT2D eigenvalue weighted by atomic mass is 16.2. The number of aryl methyl sites for hydroxylation is 1. The van der Waals surface area contributed by atoms with Gasteiger partial charge in [-0.05, 0) is 24.8 Å². The van der Waals surface area contributed by atoms with Crippen molar-refractivity contribution in [2.75, 3.05) is 31.1 Å². The molecule has 1 aliphatic rings. The standard InChI is InChI=1S/C15H26N4O/c1-15(2,3)6-5-7-18-8-9-19(14(20)12-18)13-10-16-17(4)11-13/h10-11H,5-9,12H2,1-4H3. The van der Waals surface area contributed by atoms with Gasteiger partial charge in [0.25, 0.3) is 0 Å². The van der Waals surface area contributed by atoms with Crippen LogP contribution in [0.4, 0.5) is 5.69 Å². The summed E-state index contributed by atoms with van der Waals surface area (Å²) in [6, 6.07) is 0. The fourth-order valence-electron chi connectivity index (χ4n) is 2.57. The van der Waals surface area contributed by atoms with Gasteiger partial charge in [-0.1, -0.05) is 20.8 Å². The van der Waals surface area contributed by atoms with Crippen LogP contribution in [-0.4, -0.2) is 46.8 Å². The van der Waals surface area contributed by atoms with E-state index in [-0.39, 0.29) is 5.91 Å². The summed E-state index contributed by atoms with van der Waals surface area (Å²) < 4.78 is 1.73. The summed E-state index contributed by atoms with van der Waals surface area (Å²) in [4.78, 5) is 16.3. The number of hydrogen-bond acceptors (Lipinski definition) is 3. The van der Waals surface area contributed by atoms with E-state index in [1.165, 1.54) is 6.42 Å². The number of rotatable bonds is 4. The molecular formula is C15H26N4O. The third kappa shape index (κ3) is 4.07. The Bertz CT molecular complexity index is 461. The van der Waals surface area contributed by atoms with E-state index in [0.717, 1.165) is 31.7 Å². The van der Waals surface area contributed by atoms with Crippen LogP contribution < -0.4 is 4.90 Å². The Balaban J connectivity index is 1.82. The van der Waals surface area contributed by atoms with Gasteiger partial charge in [0.1, 0.15) is 0 Å². The molecule has 2 heterocycles. The van der Waals surface area contributed by atoms with Crippen LogP contribution in [0.2, 0.25) is 0 Å². The first kappa shape index (κ1) is 15.0. The van der Waals surface area contributed by atoms with Gasteiger partial charge in [-0.25, -0.2) is 0 Å². The van der Waals surface area contributed by atoms with Crippen LogP contribution in [0.1, 0.15) is 33.6 Å². The summed E-state index contributed by atoms with van der Waals surface area (Å²) in [5, 5.41) is 4.13. The van der Waals surface area contributed by atoms with Gasteiger partial charge < -0.3 is 4.90 Å². The van der Waals surface area contributed by atoms with Crippen molar-refractivity contribution in [3.8, 4) is 0 Å². The number of anilines is 1. The van der Waals surface area contributed by atoms with Gasteiger partial charge in [0, 0.05) is 26.3 Å². The zero-order valence-corrected chi connectivity index (χ0v) is 13.1. The molecule has 0 spiro atoms. The first-order valence-corrected chi connectivity index (χ1v) is 7.36. The molecule has 2 rings (SSSR count). The molecular weight excluding hydrogens is 252 g/mol. The van der Waals surface area contributed by atoms with Crippen LogP contribution in [0.5, 0.6) is 0 Å². The van der Waals surface area contributed by atoms with E-state index in [1.54, 1.807) is 10.9 Å². The molecule has 20 heavy (non-hydrogen) atoms. The minimum Gasteiger partial charge on any atom is -0.307 e. The van der Waals surface area contributed by atoms with Crippen LogP contribution in [0.3, 0.4) is 0 Å². The summed E-state index contributed by atoms with van der Waals surface area (Å²) >= 11 is 0. The highest BCUT2D eigenvalue weighted by Gasteiger charge is 2.25. The molecule has 0 radical (unpaired) electrons. The summed E-state index contributed by atoms with van der Waals surface area (Å²) in [5.41, 5.74) is 1.29. The predicted molar refractivity (Wildman–Crippen MR) is 80.7 cm³/mol. The smallest absolute Gasteiger partial charge is 0.241 e. The van der Waals surface area contributed by atoms with Crippen molar-refractivity contribution in [3.05, 3.63) is 12.4 Å². The second-order valence-electron chi connectivity index (χ2n) is 6.86. The summed E-state index contributed by atoms with van der Waals surface area (Å²) in [6.45, 7) is 10.0. The molecule has 1 aliphatic heterocycles. The highest BCUT2D eigenvalue weighted by Crippen LogP contribution is 2.21. The van der Waals surface area contributed by atoms with Crippen molar-refractivity contribution in [2.45, 2.75) is 33.6 Å². The maximum atomic E-state index is 12.2.